The predicted octanol–water partition coefficient (Wildman–Crippen LogP) is 4.37. The van der Waals surface area contributed by atoms with Gasteiger partial charge < -0.3 is 10.4 Å². The summed E-state index contributed by atoms with van der Waals surface area (Å²) in [4.78, 5) is 15.6. The molecule has 21 heavy (non-hydrogen) atoms. The number of nitrogens with one attached hydrogen (secondary N) is 1. The van der Waals surface area contributed by atoms with Crippen LogP contribution in [0.4, 0.5) is 10.8 Å². The molecule has 0 radical (unpaired) electrons. The molecule has 2 aromatic rings. The van der Waals surface area contributed by atoms with Crippen LogP contribution in [0.2, 0.25) is 0 Å². The summed E-state index contributed by atoms with van der Waals surface area (Å²) in [5.74, 6) is -1.34. The van der Waals surface area contributed by atoms with E-state index in [4.69, 9.17) is 5.11 Å². The highest BCUT2D eigenvalue weighted by molar-refractivity contribution is 7.13. The number of aromatic nitrogens is 1. The number of anilines is 2. The summed E-state index contributed by atoms with van der Waals surface area (Å²) < 4.78 is 0. The molecule has 0 aliphatic carbocycles. The number of carboxylic acids is 1. The second kappa shape index (κ2) is 5.85. The minimum absolute atomic E-state index is 0.0239. The number of nitrogens with zero attached hydrogens (tertiary/aromatic N) is 1. The predicted molar refractivity (Wildman–Crippen MR) is 86.6 cm³/mol. The van der Waals surface area contributed by atoms with Gasteiger partial charge in [-0.25, -0.2) is 4.98 Å². The molecule has 0 spiro atoms. The molecule has 112 valence electrons. The third-order valence-electron chi connectivity index (χ3n) is 3.28. The van der Waals surface area contributed by atoms with Crippen LogP contribution in [0.25, 0.3) is 0 Å². The van der Waals surface area contributed by atoms with Gasteiger partial charge in [-0.05, 0) is 24.6 Å². The number of benzene rings is 1. The largest absolute Gasteiger partial charge is 0.481 e. The van der Waals surface area contributed by atoms with E-state index in [1.165, 1.54) is 0 Å². The molecule has 1 heterocycles. The smallest absolute Gasteiger partial charge is 0.310 e. The number of hydrogen-bond acceptors (Lipinski definition) is 4. The molecular weight excluding hydrogens is 284 g/mol. The summed E-state index contributed by atoms with van der Waals surface area (Å²) in [6, 6.07) is 7.45. The summed E-state index contributed by atoms with van der Waals surface area (Å²) in [7, 11) is 0. The van der Waals surface area contributed by atoms with Gasteiger partial charge in [-0.3, -0.25) is 4.79 Å². The SMILES string of the molecule is CC(C(=O)O)c1cccc(Nc2nc(C(C)(C)C)cs2)c1. The van der Waals surface area contributed by atoms with Crippen molar-refractivity contribution in [2.45, 2.75) is 39.0 Å². The first-order chi connectivity index (χ1) is 9.77. The number of thiazole rings is 1. The Bertz CT molecular complexity index is 644. The van der Waals surface area contributed by atoms with Gasteiger partial charge in [0, 0.05) is 16.5 Å². The van der Waals surface area contributed by atoms with Gasteiger partial charge in [0.25, 0.3) is 0 Å². The molecule has 0 fully saturated rings. The molecule has 4 nitrogen and oxygen atoms in total. The van der Waals surface area contributed by atoms with Gasteiger partial charge in [0.2, 0.25) is 0 Å². The average molecular weight is 304 g/mol. The van der Waals surface area contributed by atoms with Crippen molar-refractivity contribution in [1.29, 1.82) is 0 Å². The first-order valence-electron chi connectivity index (χ1n) is 6.83. The number of hydrogen-bond donors (Lipinski definition) is 2. The van der Waals surface area contributed by atoms with E-state index < -0.39 is 11.9 Å². The molecule has 0 aliphatic rings. The lowest BCUT2D eigenvalue weighted by Gasteiger charge is -2.14. The van der Waals surface area contributed by atoms with Crippen molar-refractivity contribution >= 4 is 28.1 Å². The van der Waals surface area contributed by atoms with Crippen LogP contribution < -0.4 is 5.32 Å². The molecule has 0 saturated carbocycles. The van der Waals surface area contributed by atoms with Gasteiger partial charge in [0.05, 0.1) is 11.6 Å². The third-order valence-corrected chi connectivity index (χ3v) is 4.04. The molecular formula is C16H20N2O2S. The van der Waals surface area contributed by atoms with Crippen molar-refractivity contribution in [2.24, 2.45) is 0 Å². The summed E-state index contributed by atoms with van der Waals surface area (Å²) in [5, 5.41) is 15.2. The molecule has 1 unspecified atom stereocenters. The van der Waals surface area contributed by atoms with E-state index in [-0.39, 0.29) is 5.41 Å². The molecule has 1 aromatic carbocycles. The Kier molecular flexibility index (Phi) is 4.32. The van der Waals surface area contributed by atoms with E-state index >= 15 is 0 Å². The highest BCUT2D eigenvalue weighted by Gasteiger charge is 2.18. The molecule has 2 N–H and O–H groups in total. The maximum Gasteiger partial charge on any atom is 0.310 e. The van der Waals surface area contributed by atoms with Crippen LogP contribution in [-0.2, 0) is 10.2 Å². The zero-order valence-corrected chi connectivity index (χ0v) is 13.5. The highest BCUT2D eigenvalue weighted by atomic mass is 32.1. The third kappa shape index (κ3) is 3.82. The van der Waals surface area contributed by atoms with E-state index in [1.54, 1.807) is 18.3 Å². The molecule has 2 rings (SSSR count). The fourth-order valence-electron chi connectivity index (χ4n) is 1.83. The van der Waals surface area contributed by atoms with Gasteiger partial charge in [0.1, 0.15) is 0 Å². The Hall–Kier alpha value is -1.88. The molecule has 1 atom stereocenters. The van der Waals surface area contributed by atoms with Crippen molar-refractivity contribution < 1.29 is 9.90 Å². The van der Waals surface area contributed by atoms with Crippen molar-refractivity contribution in [2.75, 3.05) is 5.32 Å². The second-order valence-electron chi connectivity index (χ2n) is 6.10. The van der Waals surface area contributed by atoms with E-state index in [2.05, 4.69) is 31.1 Å². The minimum Gasteiger partial charge on any atom is -0.481 e. The zero-order chi connectivity index (χ0) is 15.6. The van der Waals surface area contributed by atoms with Crippen LogP contribution >= 0.6 is 11.3 Å². The fourth-order valence-corrected chi connectivity index (χ4v) is 2.78. The van der Waals surface area contributed by atoms with Crippen LogP contribution in [0.15, 0.2) is 29.6 Å². The molecule has 5 heteroatoms. The van der Waals surface area contributed by atoms with E-state index in [1.807, 2.05) is 29.6 Å². The van der Waals surface area contributed by atoms with Crippen molar-refractivity contribution in [3.63, 3.8) is 0 Å². The summed E-state index contributed by atoms with van der Waals surface area (Å²) in [5.41, 5.74) is 2.70. The lowest BCUT2D eigenvalue weighted by atomic mass is 9.93. The number of carboxylic acid groups (broad SMARTS) is 1. The Morgan fingerprint density at radius 3 is 2.67 bits per heavy atom. The topological polar surface area (TPSA) is 62.2 Å². The van der Waals surface area contributed by atoms with Crippen molar-refractivity contribution in [3.8, 4) is 0 Å². The van der Waals surface area contributed by atoms with E-state index in [0.29, 0.717) is 0 Å². The first kappa shape index (κ1) is 15.5. The lowest BCUT2D eigenvalue weighted by Crippen LogP contribution is -2.11. The monoisotopic (exact) mass is 304 g/mol. The normalized spacial score (nSPS) is 13.0. The maximum absolute atomic E-state index is 11.1. The Balaban J connectivity index is 2.18. The van der Waals surface area contributed by atoms with Gasteiger partial charge in [-0.2, -0.15) is 0 Å². The van der Waals surface area contributed by atoms with Crippen LogP contribution in [0.5, 0.6) is 0 Å². The number of carbonyl (C=O) groups is 1. The summed E-state index contributed by atoms with van der Waals surface area (Å²) in [6.45, 7) is 8.06. The molecule has 0 bridgehead atoms. The number of rotatable bonds is 4. The van der Waals surface area contributed by atoms with Gasteiger partial charge >= 0.3 is 5.97 Å². The summed E-state index contributed by atoms with van der Waals surface area (Å²) in [6.07, 6.45) is 0. The van der Waals surface area contributed by atoms with Crippen LogP contribution in [0.3, 0.4) is 0 Å². The van der Waals surface area contributed by atoms with Gasteiger partial charge in [0.15, 0.2) is 5.13 Å². The minimum atomic E-state index is -0.823. The second-order valence-corrected chi connectivity index (χ2v) is 6.96. The Morgan fingerprint density at radius 1 is 1.38 bits per heavy atom. The molecule has 0 saturated heterocycles. The van der Waals surface area contributed by atoms with Gasteiger partial charge in [-0.15, -0.1) is 11.3 Å². The average Bonchev–Trinajstić information content (AvgIpc) is 2.86. The number of aliphatic carboxylic acids is 1. The molecule has 0 amide bonds. The summed E-state index contributed by atoms with van der Waals surface area (Å²) >= 11 is 1.55. The van der Waals surface area contributed by atoms with Crippen molar-refractivity contribution in [3.05, 3.63) is 40.9 Å². The maximum atomic E-state index is 11.1. The Labute approximate surface area is 128 Å². The lowest BCUT2D eigenvalue weighted by molar-refractivity contribution is -0.138. The van der Waals surface area contributed by atoms with Crippen LogP contribution in [0.1, 0.15) is 44.9 Å². The quantitative estimate of drug-likeness (QED) is 0.880. The zero-order valence-electron chi connectivity index (χ0n) is 12.7. The molecule has 1 aromatic heterocycles. The first-order valence-corrected chi connectivity index (χ1v) is 7.71. The van der Waals surface area contributed by atoms with Gasteiger partial charge in [-0.1, -0.05) is 32.9 Å². The van der Waals surface area contributed by atoms with E-state index in [0.717, 1.165) is 22.1 Å². The van der Waals surface area contributed by atoms with Crippen LogP contribution in [-0.4, -0.2) is 16.1 Å². The Morgan fingerprint density at radius 2 is 2.10 bits per heavy atom. The molecule has 0 aliphatic heterocycles. The van der Waals surface area contributed by atoms with Crippen molar-refractivity contribution in [1.82, 2.24) is 4.98 Å². The fraction of sp³-hybridized carbons (Fsp3) is 0.375. The standard InChI is InChI=1S/C16H20N2O2S/c1-10(14(19)20)11-6-5-7-12(8-11)17-15-18-13(9-21-15)16(2,3)4/h5-10H,1-4H3,(H,17,18)(H,19,20). The highest BCUT2D eigenvalue weighted by Crippen LogP contribution is 2.29. The van der Waals surface area contributed by atoms with Crippen LogP contribution in [0, 0.1) is 0 Å². The van der Waals surface area contributed by atoms with E-state index in [9.17, 15) is 4.79 Å².